The number of allylic oxidation sites excluding steroid dienone is 1. The first-order chi connectivity index (χ1) is 11.3. The normalized spacial score (nSPS) is 20.3. The van der Waals surface area contributed by atoms with Crippen molar-refractivity contribution in [3.63, 3.8) is 0 Å². The molecule has 1 aliphatic rings. The summed E-state index contributed by atoms with van der Waals surface area (Å²) < 4.78 is 4.87. The van der Waals surface area contributed by atoms with Crippen molar-refractivity contribution in [1.82, 2.24) is 0 Å². The van der Waals surface area contributed by atoms with E-state index in [9.17, 15) is 4.79 Å². The van der Waals surface area contributed by atoms with Gasteiger partial charge in [0.1, 0.15) is 0 Å². The summed E-state index contributed by atoms with van der Waals surface area (Å²) in [6.07, 6.45) is 15.5. The summed E-state index contributed by atoms with van der Waals surface area (Å²) in [4.78, 5) is 11.3. The molecule has 1 aromatic rings. The van der Waals surface area contributed by atoms with Gasteiger partial charge in [-0.05, 0) is 50.0 Å². The molecule has 23 heavy (non-hydrogen) atoms. The fourth-order valence-electron chi connectivity index (χ4n) is 2.72. The van der Waals surface area contributed by atoms with Gasteiger partial charge in [-0.15, -0.1) is 0 Å². The van der Waals surface area contributed by atoms with Gasteiger partial charge in [0, 0.05) is 17.8 Å². The molecule has 0 aromatic heterocycles. The number of nitrogens with one attached hydrogen (secondary N) is 1. The maximum atomic E-state index is 11.3. The molecule has 2 rings (SSSR count). The van der Waals surface area contributed by atoms with Crippen LogP contribution in [0.25, 0.3) is 6.08 Å². The fourth-order valence-corrected chi connectivity index (χ4v) is 2.72. The minimum absolute atomic E-state index is 0.301. The van der Waals surface area contributed by atoms with Crippen LogP contribution in [0, 0.1) is 0 Å². The van der Waals surface area contributed by atoms with Crippen molar-refractivity contribution in [2.45, 2.75) is 51.5 Å². The lowest BCUT2D eigenvalue weighted by molar-refractivity contribution is -0.137. The standard InChI is InChI=1S/C20H27NO2/c1-2-23-20(22)16-13-17-11-14-19(15-12-17)21-18-9-7-5-3-4-6-8-10-18/h7,9,11-16,18,21H,2-6,8,10H2,1H3/b9-7-,16-13+. The Bertz CT molecular complexity index is 531. The first-order valence-electron chi connectivity index (χ1n) is 8.66. The highest BCUT2D eigenvalue weighted by Crippen LogP contribution is 2.17. The van der Waals surface area contributed by atoms with Crippen molar-refractivity contribution in [3.8, 4) is 0 Å². The fraction of sp³-hybridized carbons (Fsp3) is 0.450. The monoisotopic (exact) mass is 313 g/mol. The van der Waals surface area contributed by atoms with Crippen LogP contribution in [0.15, 0.2) is 42.5 Å². The first kappa shape index (κ1) is 17.3. The zero-order chi connectivity index (χ0) is 16.3. The summed E-state index contributed by atoms with van der Waals surface area (Å²) in [6, 6.07) is 8.55. The zero-order valence-electron chi connectivity index (χ0n) is 14.0. The molecule has 0 saturated heterocycles. The van der Waals surface area contributed by atoms with Crippen molar-refractivity contribution in [3.05, 3.63) is 48.1 Å². The number of benzene rings is 1. The SMILES string of the molecule is CCOC(=O)/C=C/c1ccc(NC2/C=C\CCCCCC2)cc1. The molecule has 0 spiro atoms. The average Bonchev–Trinajstić information content (AvgIpc) is 2.69. The minimum Gasteiger partial charge on any atom is -0.463 e. The van der Waals surface area contributed by atoms with Crippen molar-refractivity contribution < 1.29 is 9.53 Å². The lowest BCUT2D eigenvalue weighted by atomic mass is 10.1. The summed E-state index contributed by atoms with van der Waals surface area (Å²) in [5.41, 5.74) is 2.11. The van der Waals surface area contributed by atoms with E-state index >= 15 is 0 Å². The van der Waals surface area contributed by atoms with Gasteiger partial charge in [-0.2, -0.15) is 0 Å². The average molecular weight is 313 g/mol. The van der Waals surface area contributed by atoms with Crippen LogP contribution in [0.4, 0.5) is 5.69 Å². The van der Waals surface area contributed by atoms with Crippen LogP contribution in [-0.4, -0.2) is 18.6 Å². The molecular formula is C20H27NO2. The summed E-state index contributed by atoms with van der Waals surface area (Å²) in [5.74, 6) is -0.301. The van der Waals surface area contributed by atoms with Crippen LogP contribution >= 0.6 is 0 Å². The Hall–Kier alpha value is -2.03. The largest absolute Gasteiger partial charge is 0.463 e. The van der Waals surface area contributed by atoms with Crippen LogP contribution < -0.4 is 5.32 Å². The van der Waals surface area contributed by atoms with Gasteiger partial charge in [0.05, 0.1) is 6.61 Å². The Morgan fingerprint density at radius 2 is 2.00 bits per heavy atom. The molecule has 1 aromatic carbocycles. The van der Waals surface area contributed by atoms with Gasteiger partial charge in [0.25, 0.3) is 0 Å². The highest BCUT2D eigenvalue weighted by molar-refractivity contribution is 5.87. The Labute approximate surface area is 139 Å². The van der Waals surface area contributed by atoms with E-state index < -0.39 is 0 Å². The summed E-state index contributed by atoms with van der Waals surface area (Å²) in [7, 11) is 0. The van der Waals surface area contributed by atoms with E-state index in [0.29, 0.717) is 12.6 Å². The number of anilines is 1. The van der Waals surface area contributed by atoms with Gasteiger partial charge in [-0.1, -0.05) is 43.5 Å². The summed E-state index contributed by atoms with van der Waals surface area (Å²) in [6.45, 7) is 2.21. The molecule has 3 nitrogen and oxygen atoms in total. The molecule has 0 radical (unpaired) electrons. The van der Waals surface area contributed by atoms with E-state index in [4.69, 9.17) is 4.74 Å². The Morgan fingerprint density at radius 1 is 1.22 bits per heavy atom. The third kappa shape index (κ3) is 6.72. The van der Waals surface area contributed by atoms with Gasteiger partial charge in [0.2, 0.25) is 0 Å². The number of hydrogen-bond donors (Lipinski definition) is 1. The molecule has 1 unspecified atom stereocenters. The van der Waals surface area contributed by atoms with Crippen LogP contribution in [0.2, 0.25) is 0 Å². The number of hydrogen-bond acceptors (Lipinski definition) is 3. The Kier molecular flexibility index (Phi) is 7.44. The summed E-state index contributed by atoms with van der Waals surface area (Å²) in [5, 5.41) is 3.59. The second-order valence-corrected chi connectivity index (χ2v) is 5.88. The number of rotatable bonds is 5. The van der Waals surface area contributed by atoms with E-state index in [1.54, 1.807) is 13.0 Å². The molecule has 1 aliphatic carbocycles. The smallest absolute Gasteiger partial charge is 0.330 e. The molecule has 3 heteroatoms. The van der Waals surface area contributed by atoms with Crippen molar-refractivity contribution in [2.75, 3.05) is 11.9 Å². The third-order valence-corrected chi connectivity index (χ3v) is 3.97. The van der Waals surface area contributed by atoms with E-state index in [1.165, 1.54) is 44.6 Å². The molecule has 0 bridgehead atoms. The quantitative estimate of drug-likeness (QED) is 0.474. The maximum Gasteiger partial charge on any atom is 0.330 e. The summed E-state index contributed by atoms with van der Waals surface area (Å²) >= 11 is 0. The van der Waals surface area contributed by atoms with Crippen LogP contribution in [-0.2, 0) is 9.53 Å². The van der Waals surface area contributed by atoms with Crippen LogP contribution in [0.3, 0.4) is 0 Å². The van der Waals surface area contributed by atoms with Gasteiger partial charge >= 0.3 is 5.97 Å². The predicted octanol–water partition coefficient (Wildman–Crippen LogP) is 4.95. The molecule has 0 saturated carbocycles. The maximum absolute atomic E-state index is 11.3. The van der Waals surface area contributed by atoms with Crippen molar-refractivity contribution in [1.29, 1.82) is 0 Å². The van der Waals surface area contributed by atoms with Gasteiger partial charge in [-0.3, -0.25) is 0 Å². The minimum atomic E-state index is -0.301. The lowest BCUT2D eigenvalue weighted by Gasteiger charge is -2.16. The second kappa shape index (κ2) is 9.88. The highest BCUT2D eigenvalue weighted by Gasteiger charge is 2.06. The number of carbonyl (C=O) groups is 1. The first-order valence-corrected chi connectivity index (χ1v) is 8.66. The molecule has 124 valence electrons. The zero-order valence-corrected chi connectivity index (χ0v) is 14.0. The molecule has 0 amide bonds. The molecule has 1 N–H and O–H groups in total. The van der Waals surface area contributed by atoms with Crippen molar-refractivity contribution in [2.24, 2.45) is 0 Å². The van der Waals surface area contributed by atoms with Gasteiger partial charge < -0.3 is 10.1 Å². The van der Waals surface area contributed by atoms with Crippen molar-refractivity contribution >= 4 is 17.7 Å². The molecule has 1 atom stereocenters. The van der Waals surface area contributed by atoms with Gasteiger partial charge in [0.15, 0.2) is 0 Å². The molecular weight excluding hydrogens is 286 g/mol. The van der Waals surface area contributed by atoms with Gasteiger partial charge in [-0.25, -0.2) is 4.79 Å². The van der Waals surface area contributed by atoms with Crippen LogP contribution in [0.1, 0.15) is 51.0 Å². The number of ether oxygens (including phenoxy) is 1. The second-order valence-electron chi connectivity index (χ2n) is 5.88. The highest BCUT2D eigenvalue weighted by atomic mass is 16.5. The van der Waals surface area contributed by atoms with E-state index in [0.717, 1.165) is 11.3 Å². The topological polar surface area (TPSA) is 38.3 Å². The van der Waals surface area contributed by atoms with E-state index in [1.807, 2.05) is 12.1 Å². The number of carbonyl (C=O) groups excluding carboxylic acids is 1. The number of esters is 1. The third-order valence-electron chi connectivity index (χ3n) is 3.97. The van der Waals surface area contributed by atoms with E-state index in [-0.39, 0.29) is 5.97 Å². The van der Waals surface area contributed by atoms with Crippen LogP contribution in [0.5, 0.6) is 0 Å². The molecule has 0 fully saturated rings. The molecule has 0 heterocycles. The predicted molar refractivity (Wildman–Crippen MR) is 96.4 cm³/mol. The molecule has 0 aliphatic heterocycles. The Morgan fingerprint density at radius 3 is 2.78 bits per heavy atom. The lowest BCUT2D eigenvalue weighted by Crippen LogP contribution is -2.16. The Balaban J connectivity index is 1.90. The van der Waals surface area contributed by atoms with E-state index in [2.05, 4.69) is 29.6 Å².